The molecule has 3 aromatic rings. The average molecular weight is 428 g/mol. The van der Waals surface area contributed by atoms with Gasteiger partial charge in [-0.15, -0.1) is 0 Å². The average Bonchev–Trinajstić information content (AvgIpc) is 2.77. The summed E-state index contributed by atoms with van der Waals surface area (Å²) in [6.45, 7) is 0.308. The molecule has 2 atom stereocenters. The lowest BCUT2D eigenvalue weighted by molar-refractivity contribution is -0.142. The van der Waals surface area contributed by atoms with Crippen LogP contribution in [-0.4, -0.2) is 21.8 Å². The number of anilines is 1. The SMILES string of the molecule is COC(=O)[C@@H](c1cccc(OCc2ccccc2)c1)N(c1ccc(F)cc1)S(=O)[O-]. The van der Waals surface area contributed by atoms with E-state index in [0.29, 0.717) is 17.9 Å². The van der Waals surface area contributed by atoms with Gasteiger partial charge >= 0.3 is 5.97 Å². The summed E-state index contributed by atoms with van der Waals surface area (Å²) >= 11 is -2.83. The third kappa shape index (κ3) is 5.22. The van der Waals surface area contributed by atoms with Gasteiger partial charge in [-0.3, -0.25) is 8.51 Å². The second-order valence-electron chi connectivity index (χ2n) is 6.29. The first-order valence-corrected chi connectivity index (χ1v) is 10.0. The molecule has 0 heterocycles. The number of halogens is 1. The zero-order valence-electron chi connectivity index (χ0n) is 16.1. The molecule has 6 nitrogen and oxygen atoms in total. The largest absolute Gasteiger partial charge is 0.755 e. The first-order chi connectivity index (χ1) is 14.5. The summed E-state index contributed by atoms with van der Waals surface area (Å²) in [5.41, 5.74) is 1.43. The van der Waals surface area contributed by atoms with Crippen molar-refractivity contribution in [3.8, 4) is 5.75 Å². The highest BCUT2D eigenvalue weighted by Crippen LogP contribution is 2.31. The molecule has 0 spiro atoms. The summed E-state index contributed by atoms with van der Waals surface area (Å²) < 4.78 is 48.8. The molecule has 0 radical (unpaired) electrons. The summed E-state index contributed by atoms with van der Waals surface area (Å²) in [6.07, 6.45) is 0. The van der Waals surface area contributed by atoms with Gasteiger partial charge in [-0.25, -0.2) is 9.18 Å². The lowest BCUT2D eigenvalue weighted by Crippen LogP contribution is -2.36. The van der Waals surface area contributed by atoms with E-state index in [1.54, 1.807) is 24.3 Å². The van der Waals surface area contributed by atoms with Gasteiger partial charge in [0.25, 0.3) is 0 Å². The Morgan fingerprint density at radius 3 is 2.40 bits per heavy atom. The minimum atomic E-state index is -2.83. The summed E-state index contributed by atoms with van der Waals surface area (Å²) in [7, 11) is 1.17. The number of carbonyl (C=O) groups is 1. The molecule has 0 saturated carbocycles. The summed E-state index contributed by atoms with van der Waals surface area (Å²) in [5, 5.41) is 0. The normalized spacial score (nSPS) is 12.6. The van der Waals surface area contributed by atoms with Crippen LogP contribution >= 0.6 is 0 Å². The molecule has 0 fully saturated rings. The maximum absolute atomic E-state index is 13.3. The molecule has 8 heteroatoms. The molecule has 0 aliphatic carbocycles. The Labute approximate surface area is 176 Å². The Hall–Kier alpha value is -3.23. The van der Waals surface area contributed by atoms with E-state index >= 15 is 0 Å². The molecule has 0 aromatic heterocycles. The van der Waals surface area contributed by atoms with Crippen molar-refractivity contribution in [3.05, 3.63) is 95.8 Å². The Balaban J connectivity index is 1.93. The van der Waals surface area contributed by atoms with Gasteiger partial charge in [0.2, 0.25) is 0 Å². The monoisotopic (exact) mass is 428 g/mol. The van der Waals surface area contributed by atoms with E-state index in [2.05, 4.69) is 0 Å². The highest BCUT2D eigenvalue weighted by Gasteiger charge is 2.30. The minimum absolute atomic E-state index is 0.121. The minimum Gasteiger partial charge on any atom is -0.755 e. The highest BCUT2D eigenvalue weighted by atomic mass is 32.2. The first-order valence-electron chi connectivity index (χ1n) is 8.98. The van der Waals surface area contributed by atoms with Gasteiger partial charge < -0.3 is 14.0 Å². The molecule has 0 saturated heterocycles. The van der Waals surface area contributed by atoms with Crippen LogP contribution in [0.25, 0.3) is 0 Å². The zero-order valence-corrected chi connectivity index (χ0v) is 16.9. The van der Waals surface area contributed by atoms with Gasteiger partial charge in [0, 0.05) is 17.0 Å². The molecule has 3 rings (SSSR count). The fourth-order valence-electron chi connectivity index (χ4n) is 2.90. The maximum atomic E-state index is 13.3. The van der Waals surface area contributed by atoms with Crippen LogP contribution in [-0.2, 0) is 27.4 Å². The number of hydrogen-bond donors (Lipinski definition) is 0. The van der Waals surface area contributed by atoms with E-state index < -0.39 is 29.1 Å². The molecule has 30 heavy (non-hydrogen) atoms. The van der Waals surface area contributed by atoms with Crippen LogP contribution in [0.2, 0.25) is 0 Å². The fourth-order valence-corrected chi connectivity index (χ4v) is 3.58. The number of nitrogens with zero attached hydrogens (tertiary/aromatic N) is 1. The van der Waals surface area contributed by atoms with Crippen LogP contribution < -0.4 is 9.04 Å². The van der Waals surface area contributed by atoms with E-state index in [9.17, 15) is 17.9 Å². The molecule has 156 valence electrons. The zero-order chi connectivity index (χ0) is 21.5. The number of benzene rings is 3. The van der Waals surface area contributed by atoms with Crippen molar-refractivity contribution in [2.24, 2.45) is 0 Å². The van der Waals surface area contributed by atoms with E-state index in [-0.39, 0.29) is 5.69 Å². The van der Waals surface area contributed by atoms with Gasteiger partial charge in [-0.05, 0) is 47.5 Å². The highest BCUT2D eigenvalue weighted by molar-refractivity contribution is 7.80. The van der Waals surface area contributed by atoms with Crippen LogP contribution in [0.4, 0.5) is 10.1 Å². The third-order valence-corrected chi connectivity index (χ3v) is 5.07. The Kier molecular flexibility index (Phi) is 7.16. The smallest absolute Gasteiger partial charge is 0.334 e. The molecular formula is C22H19FNO5S-. The van der Waals surface area contributed by atoms with Crippen LogP contribution in [0.1, 0.15) is 17.2 Å². The van der Waals surface area contributed by atoms with Crippen LogP contribution in [0, 0.1) is 5.82 Å². The van der Waals surface area contributed by atoms with Crippen molar-refractivity contribution < 1.29 is 27.4 Å². The summed E-state index contributed by atoms with van der Waals surface area (Å²) in [5.74, 6) is -0.856. The summed E-state index contributed by atoms with van der Waals surface area (Å²) in [4.78, 5) is 12.5. The number of carbonyl (C=O) groups excluding carboxylic acids is 1. The number of esters is 1. The molecular weight excluding hydrogens is 409 g/mol. The Morgan fingerprint density at radius 1 is 1.07 bits per heavy atom. The van der Waals surface area contributed by atoms with Crippen molar-refractivity contribution in [1.29, 1.82) is 0 Å². The topological polar surface area (TPSA) is 78.9 Å². The van der Waals surface area contributed by atoms with Crippen molar-refractivity contribution in [2.45, 2.75) is 12.6 Å². The predicted molar refractivity (Wildman–Crippen MR) is 110 cm³/mol. The van der Waals surface area contributed by atoms with Gasteiger partial charge in [-0.1, -0.05) is 42.5 Å². The molecule has 0 N–H and O–H groups in total. The predicted octanol–water partition coefficient (Wildman–Crippen LogP) is 3.92. The number of rotatable bonds is 8. The molecule has 0 aliphatic rings. The van der Waals surface area contributed by atoms with Crippen LogP contribution in [0.3, 0.4) is 0 Å². The van der Waals surface area contributed by atoms with Gasteiger partial charge in [0.1, 0.15) is 18.2 Å². The second-order valence-corrected chi connectivity index (χ2v) is 7.12. The van der Waals surface area contributed by atoms with E-state index in [1.807, 2.05) is 30.3 Å². The lowest BCUT2D eigenvalue weighted by Gasteiger charge is -2.33. The van der Waals surface area contributed by atoms with Gasteiger partial charge in [0.05, 0.1) is 7.11 Å². The van der Waals surface area contributed by atoms with Crippen molar-refractivity contribution in [3.63, 3.8) is 0 Å². The quantitative estimate of drug-likeness (QED) is 0.401. The van der Waals surface area contributed by atoms with E-state index in [0.717, 1.165) is 22.0 Å². The Bertz CT molecular complexity index is 1010. The van der Waals surface area contributed by atoms with E-state index in [4.69, 9.17) is 9.47 Å². The fraction of sp³-hybridized carbons (Fsp3) is 0.136. The van der Waals surface area contributed by atoms with Crippen molar-refractivity contribution in [1.82, 2.24) is 0 Å². The maximum Gasteiger partial charge on any atom is 0.334 e. The molecule has 0 bridgehead atoms. The second kappa shape index (κ2) is 10.00. The molecule has 0 amide bonds. The molecule has 1 unspecified atom stereocenters. The molecule has 3 aromatic carbocycles. The van der Waals surface area contributed by atoms with Crippen LogP contribution in [0.5, 0.6) is 5.75 Å². The van der Waals surface area contributed by atoms with Crippen LogP contribution in [0.15, 0.2) is 78.9 Å². The molecule has 0 aliphatic heterocycles. The number of hydrogen-bond acceptors (Lipinski definition) is 5. The van der Waals surface area contributed by atoms with Gasteiger partial charge in [0.15, 0.2) is 6.04 Å². The number of ether oxygens (including phenoxy) is 2. The standard InChI is InChI=1S/C22H20FNO5S/c1-28-22(25)21(24(30(26)27)19-12-10-18(23)11-13-19)17-8-5-9-20(14-17)29-15-16-6-3-2-4-7-16/h2-14,21H,15H2,1H3,(H,26,27)/p-1/t21-/m1/s1. The van der Waals surface area contributed by atoms with E-state index in [1.165, 1.54) is 19.2 Å². The van der Waals surface area contributed by atoms with Crippen molar-refractivity contribution in [2.75, 3.05) is 11.4 Å². The van der Waals surface area contributed by atoms with Crippen molar-refractivity contribution >= 4 is 22.9 Å². The first kappa shape index (κ1) is 21.5. The number of methoxy groups -OCH3 is 1. The van der Waals surface area contributed by atoms with Gasteiger partial charge in [-0.2, -0.15) is 0 Å². The summed E-state index contributed by atoms with van der Waals surface area (Å²) in [6, 6.07) is 19.5. The lowest BCUT2D eigenvalue weighted by atomic mass is 10.1. The Morgan fingerprint density at radius 2 is 1.77 bits per heavy atom. The third-order valence-electron chi connectivity index (χ3n) is 4.32.